The Balaban J connectivity index is 2.12. The molecule has 0 radical (unpaired) electrons. The van der Waals surface area contributed by atoms with Gasteiger partial charge in [0.2, 0.25) is 0 Å². The Morgan fingerprint density at radius 3 is 2.33 bits per heavy atom. The molecule has 1 aromatic rings. The summed E-state index contributed by atoms with van der Waals surface area (Å²) >= 11 is 0. The molecule has 1 unspecified atom stereocenters. The van der Waals surface area contributed by atoms with Crippen LogP contribution in [0.3, 0.4) is 0 Å². The van der Waals surface area contributed by atoms with Gasteiger partial charge in [-0.15, -0.1) is 0 Å². The van der Waals surface area contributed by atoms with Gasteiger partial charge in [-0.25, -0.2) is 4.79 Å². The number of Topliss-reactive ketones (excluding diaryl/α,β-unsaturated/α-hetero) is 1. The summed E-state index contributed by atoms with van der Waals surface area (Å²) in [7, 11) is 1.33. The van der Waals surface area contributed by atoms with Crippen LogP contribution in [0, 0.1) is 11.3 Å². The summed E-state index contributed by atoms with van der Waals surface area (Å²) in [5.74, 6) is -1.98. The number of benzene rings is 1. The molecule has 1 heterocycles. The predicted octanol–water partition coefficient (Wildman–Crippen LogP) is 4.24. The van der Waals surface area contributed by atoms with Crippen molar-refractivity contribution in [3.8, 4) is 0 Å². The molecule has 0 saturated heterocycles. The molecule has 2 aliphatic rings. The van der Waals surface area contributed by atoms with E-state index < -0.39 is 23.8 Å². The van der Waals surface area contributed by atoms with Crippen molar-refractivity contribution in [3.63, 3.8) is 0 Å². The highest BCUT2D eigenvalue weighted by Crippen LogP contribution is 2.48. The summed E-state index contributed by atoms with van der Waals surface area (Å²) < 4.78 is 10.3. The Morgan fingerprint density at radius 2 is 1.77 bits per heavy atom. The van der Waals surface area contributed by atoms with Crippen LogP contribution in [0.4, 0.5) is 0 Å². The van der Waals surface area contributed by atoms with E-state index in [1.807, 2.05) is 6.92 Å². The lowest BCUT2D eigenvalue weighted by molar-refractivity contribution is -0.150. The highest BCUT2D eigenvalue weighted by Gasteiger charge is 2.46. The van der Waals surface area contributed by atoms with Crippen LogP contribution in [0.25, 0.3) is 0 Å². The number of hydrogen-bond donors (Lipinski definition) is 0. The molecular formula is C24H29NO5. The van der Waals surface area contributed by atoms with Crippen LogP contribution < -0.4 is 0 Å². The zero-order valence-electron chi connectivity index (χ0n) is 18.4. The number of aliphatic imine (C=N–C) groups is 1. The fourth-order valence-corrected chi connectivity index (χ4v) is 4.36. The first-order chi connectivity index (χ1) is 14.0. The van der Waals surface area contributed by atoms with Crippen molar-refractivity contribution in [2.24, 2.45) is 16.3 Å². The number of nitrogens with zero attached hydrogens (tertiary/aromatic N) is 1. The zero-order chi connectivity index (χ0) is 22.2. The molecular weight excluding hydrogens is 382 g/mol. The Labute approximate surface area is 177 Å². The summed E-state index contributed by atoms with van der Waals surface area (Å²) in [6, 6.07) is 6.88. The predicted molar refractivity (Wildman–Crippen MR) is 113 cm³/mol. The van der Waals surface area contributed by atoms with Crippen molar-refractivity contribution in [1.82, 2.24) is 0 Å². The quantitative estimate of drug-likeness (QED) is 0.692. The van der Waals surface area contributed by atoms with Gasteiger partial charge in [-0.05, 0) is 50.3 Å². The van der Waals surface area contributed by atoms with Crippen LogP contribution in [0.15, 0.2) is 40.5 Å². The molecule has 0 spiro atoms. The molecule has 3 rings (SSSR count). The normalized spacial score (nSPS) is 23.0. The molecule has 1 aliphatic heterocycles. The summed E-state index contributed by atoms with van der Waals surface area (Å²) in [6.07, 6.45) is 0.806. The smallest absolute Gasteiger partial charge is 0.337 e. The summed E-state index contributed by atoms with van der Waals surface area (Å²) in [5, 5.41) is 0. The van der Waals surface area contributed by atoms with Crippen molar-refractivity contribution >= 4 is 23.4 Å². The van der Waals surface area contributed by atoms with Gasteiger partial charge in [0.1, 0.15) is 5.92 Å². The minimum absolute atomic E-state index is 0.0156. The van der Waals surface area contributed by atoms with E-state index in [0.29, 0.717) is 29.7 Å². The van der Waals surface area contributed by atoms with Crippen molar-refractivity contribution in [2.45, 2.75) is 59.5 Å². The Hall–Kier alpha value is -2.76. The maximum Gasteiger partial charge on any atom is 0.337 e. The molecule has 0 bridgehead atoms. The number of rotatable bonds is 4. The van der Waals surface area contributed by atoms with E-state index in [0.717, 1.165) is 11.3 Å². The van der Waals surface area contributed by atoms with Gasteiger partial charge in [-0.2, -0.15) is 0 Å². The van der Waals surface area contributed by atoms with Gasteiger partial charge in [0.05, 0.1) is 18.8 Å². The number of carbonyl (C=O) groups excluding carboxylic acids is 3. The lowest BCUT2D eigenvalue weighted by Gasteiger charge is -2.39. The van der Waals surface area contributed by atoms with Gasteiger partial charge in [0, 0.05) is 29.3 Å². The second-order valence-corrected chi connectivity index (χ2v) is 9.11. The highest BCUT2D eigenvalue weighted by molar-refractivity contribution is 6.09. The van der Waals surface area contributed by atoms with Crippen molar-refractivity contribution < 1.29 is 23.9 Å². The van der Waals surface area contributed by atoms with E-state index >= 15 is 0 Å². The zero-order valence-corrected chi connectivity index (χ0v) is 18.4. The highest BCUT2D eigenvalue weighted by atomic mass is 16.5. The number of allylic oxidation sites excluding steroid dienone is 2. The lowest BCUT2D eigenvalue weighted by Crippen LogP contribution is -2.40. The van der Waals surface area contributed by atoms with Crippen LogP contribution in [-0.4, -0.2) is 36.6 Å². The molecule has 0 saturated carbocycles. The van der Waals surface area contributed by atoms with E-state index in [1.54, 1.807) is 38.1 Å². The number of carbonyl (C=O) groups is 3. The number of ketones is 1. The van der Waals surface area contributed by atoms with Crippen LogP contribution in [-0.2, 0) is 19.1 Å². The number of hydrogen-bond acceptors (Lipinski definition) is 6. The van der Waals surface area contributed by atoms with E-state index in [9.17, 15) is 14.4 Å². The van der Waals surface area contributed by atoms with Crippen LogP contribution in [0.5, 0.6) is 0 Å². The fourth-order valence-electron chi connectivity index (χ4n) is 4.36. The third-order valence-electron chi connectivity index (χ3n) is 5.60. The standard InChI is InChI=1S/C24H29NO5/c1-13(2)30-23(28)19-14(3)25-17-11-24(4,5)12-18(26)21(17)20(19)15-7-9-16(10-8-15)22(27)29-6/h7-10,13,19-20H,11-12H2,1-6H3/t19?,20-/m1/s1. The minimum atomic E-state index is -0.680. The molecule has 0 amide bonds. The maximum absolute atomic E-state index is 13.2. The van der Waals surface area contributed by atoms with Gasteiger partial charge in [-0.1, -0.05) is 26.0 Å². The Bertz CT molecular complexity index is 937. The first-order valence-corrected chi connectivity index (χ1v) is 10.2. The molecule has 0 aromatic heterocycles. The van der Waals surface area contributed by atoms with Crippen molar-refractivity contribution in [2.75, 3.05) is 7.11 Å². The molecule has 2 atom stereocenters. The molecule has 6 nitrogen and oxygen atoms in total. The van der Waals surface area contributed by atoms with Gasteiger partial charge in [0.25, 0.3) is 0 Å². The first-order valence-electron chi connectivity index (χ1n) is 10.2. The van der Waals surface area contributed by atoms with Crippen molar-refractivity contribution in [3.05, 3.63) is 46.7 Å². The van der Waals surface area contributed by atoms with E-state index in [-0.39, 0.29) is 17.3 Å². The topological polar surface area (TPSA) is 82.0 Å². The average Bonchev–Trinajstić information content (AvgIpc) is 2.64. The molecule has 0 N–H and O–H groups in total. The van der Waals surface area contributed by atoms with E-state index in [1.165, 1.54) is 7.11 Å². The van der Waals surface area contributed by atoms with Gasteiger partial charge < -0.3 is 9.47 Å². The summed E-state index contributed by atoms with van der Waals surface area (Å²) in [5.41, 5.74) is 3.01. The molecule has 1 aliphatic carbocycles. The minimum Gasteiger partial charge on any atom is -0.465 e. The third-order valence-corrected chi connectivity index (χ3v) is 5.60. The molecule has 6 heteroatoms. The molecule has 160 valence electrons. The van der Waals surface area contributed by atoms with E-state index in [4.69, 9.17) is 14.5 Å². The van der Waals surface area contributed by atoms with Crippen LogP contribution >= 0.6 is 0 Å². The largest absolute Gasteiger partial charge is 0.465 e. The van der Waals surface area contributed by atoms with Crippen LogP contribution in [0.1, 0.15) is 69.3 Å². The van der Waals surface area contributed by atoms with Crippen LogP contribution in [0.2, 0.25) is 0 Å². The fraction of sp³-hybridized carbons (Fsp3) is 0.500. The molecule has 0 fully saturated rings. The number of ether oxygens (including phenoxy) is 2. The van der Waals surface area contributed by atoms with Gasteiger partial charge in [-0.3, -0.25) is 14.6 Å². The van der Waals surface area contributed by atoms with Gasteiger partial charge >= 0.3 is 11.9 Å². The van der Waals surface area contributed by atoms with Gasteiger partial charge in [0.15, 0.2) is 5.78 Å². The second kappa shape index (κ2) is 8.17. The maximum atomic E-state index is 13.2. The molecule has 30 heavy (non-hydrogen) atoms. The number of methoxy groups -OCH3 is 1. The monoisotopic (exact) mass is 411 g/mol. The summed E-state index contributed by atoms with van der Waals surface area (Å²) in [4.78, 5) is 42.7. The third kappa shape index (κ3) is 4.23. The second-order valence-electron chi connectivity index (χ2n) is 9.11. The SMILES string of the molecule is COC(=O)c1ccc([C@H]2C3=C(CC(C)(C)CC3=O)N=C(C)C2C(=O)OC(C)C)cc1. The summed E-state index contributed by atoms with van der Waals surface area (Å²) in [6.45, 7) is 9.52. The average molecular weight is 411 g/mol. The molecule has 1 aromatic carbocycles. The van der Waals surface area contributed by atoms with Crippen molar-refractivity contribution in [1.29, 1.82) is 0 Å². The first kappa shape index (κ1) is 21.9. The van der Waals surface area contributed by atoms with E-state index in [2.05, 4.69) is 13.8 Å². The Kier molecular flexibility index (Phi) is 5.97. The number of esters is 2. The lowest BCUT2D eigenvalue weighted by atomic mass is 9.67. The Morgan fingerprint density at radius 1 is 1.13 bits per heavy atom.